The quantitative estimate of drug-likeness (QED) is 0.587. The highest BCUT2D eigenvalue weighted by molar-refractivity contribution is 7.99. The summed E-state index contributed by atoms with van der Waals surface area (Å²) < 4.78 is 40.6. The second kappa shape index (κ2) is 7.88. The number of imidazole rings is 1. The van der Waals surface area contributed by atoms with Crippen molar-refractivity contribution in [3.63, 3.8) is 0 Å². The van der Waals surface area contributed by atoms with E-state index < -0.39 is 23.4 Å². The average molecular weight is 439 g/mol. The number of anilines is 1. The van der Waals surface area contributed by atoms with Crippen molar-refractivity contribution in [3.05, 3.63) is 30.2 Å². The summed E-state index contributed by atoms with van der Waals surface area (Å²) in [5, 5.41) is 12.4. The Labute approximate surface area is 174 Å². The lowest BCUT2D eigenvalue weighted by atomic mass is 10.1. The number of halogens is 3. The van der Waals surface area contributed by atoms with Crippen molar-refractivity contribution >= 4 is 34.4 Å². The van der Waals surface area contributed by atoms with Gasteiger partial charge in [-0.2, -0.15) is 13.2 Å². The van der Waals surface area contributed by atoms with Crippen LogP contribution in [0.1, 0.15) is 26.5 Å². The van der Waals surface area contributed by atoms with Gasteiger partial charge in [-0.1, -0.05) is 6.92 Å². The molecule has 160 valence electrons. The van der Waals surface area contributed by atoms with E-state index in [9.17, 15) is 23.1 Å². The first-order valence-electron chi connectivity index (χ1n) is 8.98. The van der Waals surface area contributed by atoms with Gasteiger partial charge in [-0.3, -0.25) is 4.79 Å². The molecule has 0 aliphatic rings. The maximum absolute atomic E-state index is 13.0. The zero-order valence-electron chi connectivity index (χ0n) is 16.7. The molecule has 3 aromatic rings. The fourth-order valence-corrected chi connectivity index (χ4v) is 3.49. The highest BCUT2D eigenvalue weighted by atomic mass is 32.2. The molecule has 0 fully saturated rings. The summed E-state index contributed by atoms with van der Waals surface area (Å²) in [6.45, 7) is 4.67. The van der Waals surface area contributed by atoms with E-state index in [-0.39, 0.29) is 5.52 Å². The summed E-state index contributed by atoms with van der Waals surface area (Å²) in [7, 11) is 1.67. The Balaban J connectivity index is 2.07. The van der Waals surface area contributed by atoms with Crippen LogP contribution in [0.3, 0.4) is 0 Å². The molecule has 11 heteroatoms. The summed E-state index contributed by atoms with van der Waals surface area (Å²) in [5.41, 5.74) is -1.12. The van der Waals surface area contributed by atoms with Crippen molar-refractivity contribution in [3.8, 4) is 11.5 Å². The van der Waals surface area contributed by atoms with Crippen LogP contribution in [0, 0.1) is 0 Å². The molecule has 30 heavy (non-hydrogen) atoms. The predicted octanol–water partition coefficient (Wildman–Crippen LogP) is 3.87. The number of carbonyl (C=O) groups excluding carboxylic acids is 1. The largest absolute Gasteiger partial charge is 0.433 e. The summed E-state index contributed by atoms with van der Waals surface area (Å²) in [5.74, 6) is 0.488. The average Bonchev–Trinajstić information content (AvgIpc) is 2.97. The predicted molar refractivity (Wildman–Crippen MR) is 108 cm³/mol. The molecular formula is C19H20F3N5O2S. The van der Waals surface area contributed by atoms with Gasteiger partial charge in [-0.15, -0.1) is 11.8 Å². The van der Waals surface area contributed by atoms with Crippen molar-refractivity contribution in [2.45, 2.75) is 37.4 Å². The summed E-state index contributed by atoms with van der Waals surface area (Å²) in [6, 6.07) is 2.60. The van der Waals surface area contributed by atoms with E-state index in [2.05, 4.69) is 20.3 Å². The number of alkyl halides is 3. The number of hydrogen-bond acceptors (Lipinski definition) is 6. The number of carbonyl (C=O) groups is 1. The molecule has 0 saturated carbocycles. The molecule has 0 spiro atoms. The normalized spacial score (nSPS) is 12.4. The van der Waals surface area contributed by atoms with Crippen LogP contribution in [-0.2, 0) is 18.0 Å². The minimum atomic E-state index is -4.56. The van der Waals surface area contributed by atoms with Crippen LogP contribution in [-0.4, -0.2) is 41.9 Å². The number of nitrogens with one attached hydrogen (secondary N) is 1. The van der Waals surface area contributed by atoms with Gasteiger partial charge in [0, 0.05) is 11.9 Å². The van der Waals surface area contributed by atoms with Gasteiger partial charge < -0.3 is 15.0 Å². The number of aromatic nitrogens is 4. The van der Waals surface area contributed by atoms with Crippen LogP contribution >= 0.6 is 11.8 Å². The van der Waals surface area contributed by atoms with Crippen LogP contribution < -0.4 is 5.32 Å². The van der Waals surface area contributed by atoms with E-state index in [0.717, 1.165) is 12.3 Å². The molecule has 0 bridgehead atoms. The van der Waals surface area contributed by atoms with Crippen molar-refractivity contribution in [2.24, 2.45) is 7.05 Å². The standard InChI is InChI=1S/C19H20F3N5O2S/c1-5-30-13-6-10(25-17(28)18(2,3)29)8-24-15(13)16-26-11-7-14(19(20,21)22)23-9-12(11)27(16)4/h6-9,29H,5H2,1-4H3,(H,25,28). The lowest BCUT2D eigenvalue weighted by molar-refractivity contribution is -0.141. The van der Waals surface area contributed by atoms with E-state index in [1.54, 1.807) is 17.7 Å². The fraction of sp³-hybridized carbons (Fsp3) is 0.368. The number of fused-ring (bicyclic) bond motifs is 1. The fourth-order valence-electron chi connectivity index (χ4n) is 2.69. The van der Waals surface area contributed by atoms with E-state index in [1.165, 1.54) is 31.8 Å². The maximum Gasteiger partial charge on any atom is 0.433 e. The number of hydrogen-bond donors (Lipinski definition) is 2. The number of nitrogens with zero attached hydrogens (tertiary/aromatic N) is 4. The van der Waals surface area contributed by atoms with Gasteiger partial charge in [0.1, 0.15) is 17.0 Å². The number of thioether (sulfide) groups is 1. The molecule has 7 nitrogen and oxygen atoms in total. The topological polar surface area (TPSA) is 92.9 Å². The number of pyridine rings is 2. The molecule has 0 radical (unpaired) electrons. The first-order chi connectivity index (χ1) is 13.9. The molecule has 0 atom stereocenters. The second-order valence-corrected chi connectivity index (χ2v) is 8.37. The lowest BCUT2D eigenvalue weighted by Crippen LogP contribution is -2.36. The molecule has 1 amide bonds. The minimum absolute atomic E-state index is 0.156. The van der Waals surface area contributed by atoms with E-state index in [4.69, 9.17) is 0 Å². The van der Waals surface area contributed by atoms with Crippen LogP contribution in [0.5, 0.6) is 0 Å². The molecule has 3 rings (SSSR count). The Morgan fingerprint density at radius 3 is 2.53 bits per heavy atom. The van der Waals surface area contributed by atoms with Gasteiger partial charge in [0.2, 0.25) is 0 Å². The molecule has 0 saturated heterocycles. The van der Waals surface area contributed by atoms with Crippen molar-refractivity contribution in [1.82, 2.24) is 19.5 Å². The molecule has 2 N–H and O–H groups in total. The first-order valence-corrected chi connectivity index (χ1v) is 9.97. The van der Waals surface area contributed by atoms with Gasteiger partial charge in [0.05, 0.1) is 29.1 Å². The first kappa shape index (κ1) is 22.0. The highest BCUT2D eigenvalue weighted by Gasteiger charge is 2.33. The molecule has 0 unspecified atom stereocenters. The van der Waals surface area contributed by atoms with Crippen molar-refractivity contribution in [2.75, 3.05) is 11.1 Å². The van der Waals surface area contributed by atoms with E-state index in [0.29, 0.717) is 33.4 Å². The van der Waals surface area contributed by atoms with Crippen molar-refractivity contribution < 1.29 is 23.1 Å². The summed E-state index contributed by atoms with van der Waals surface area (Å²) >= 11 is 1.45. The number of amides is 1. The zero-order valence-corrected chi connectivity index (χ0v) is 17.5. The molecule has 0 aliphatic carbocycles. The number of aryl methyl sites for hydroxylation is 1. The molecule has 3 heterocycles. The smallest absolute Gasteiger partial charge is 0.381 e. The SMILES string of the molecule is CCSc1cc(NC(=O)C(C)(C)O)cnc1-c1nc2cc(C(F)(F)F)ncc2n1C. The monoisotopic (exact) mass is 439 g/mol. The Bertz CT molecular complexity index is 1110. The molecule has 0 aliphatic heterocycles. The summed E-state index contributed by atoms with van der Waals surface area (Å²) in [6.07, 6.45) is -2.01. The number of rotatable bonds is 5. The van der Waals surface area contributed by atoms with Crippen molar-refractivity contribution in [1.29, 1.82) is 0 Å². The van der Waals surface area contributed by atoms with Gasteiger partial charge in [0.15, 0.2) is 5.82 Å². The van der Waals surface area contributed by atoms with E-state index >= 15 is 0 Å². The molecular weight excluding hydrogens is 419 g/mol. The third kappa shape index (κ3) is 4.41. The van der Waals surface area contributed by atoms with Gasteiger partial charge in [-0.25, -0.2) is 15.0 Å². The van der Waals surface area contributed by atoms with Gasteiger partial charge in [0.25, 0.3) is 5.91 Å². The third-order valence-corrected chi connectivity index (χ3v) is 5.15. The Morgan fingerprint density at radius 1 is 1.23 bits per heavy atom. The second-order valence-electron chi connectivity index (χ2n) is 7.07. The molecule has 3 aromatic heterocycles. The van der Waals surface area contributed by atoms with Crippen LogP contribution in [0.25, 0.3) is 22.6 Å². The summed E-state index contributed by atoms with van der Waals surface area (Å²) in [4.78, 5) is 24.9. The van der Waals surface area contributed by atoms with Gasteiger partial charge in [-0.05, 0) is 31.7 Å². The van der Waals surface area contributed by atoms with Crippen LogP contribution in [0.2, 0.25) is 0 Å². The maximum atomic E-state index is 13.0. The van der Waals surface area contributed by atoms with Crippen LogP contribution in [0.15, 0.2) is 29.4 Å². The Hall–Kier alpha value is -2.66. The van der Waals surface area contributed by atoms with Gasteiger partial charge >= 0.3 is 6.18 Å². The minimum Gasteiger partial charge on any atom is -0.381 e. The zero-order chi connectivity index (χ0) is 22.3. The third-order valence-electron chi connectivity index (χ3n) is 4.24. The van der Waals surface area contributed by atoms with E-state index in [1.807, 2.05) is 6.92 Å². The highest BCUT2D eigenvalue weighted by Crippen LogP contribution is 2.34. The molecule has 0 aromatic carbocycles. The van der Waals surface area contributed by atoms with Crippen LogP contribution in [0.4, 0.5) is 18.9 Å². The Kier molecular flexibility index (Phi) is 5.79. The number of aliphatic hydroxyl groups is 1. The Morgan fingerprint density at radius 2 is 1.93 bits per heavy atom. The lowest BCUT2D eigenvalue weighted by Gasteiger charge is -2.17.